The zero-order chi connectivity index (χ0) is 17.6. The summed E-state index contributed by atoms with van der Waals surface area (Å²) in [5.74, 6) is -0.262. The number of thiazole rings is 1. The Morgan fingerprint density at radius 2 is 2.36 bits per heavy atom. The maximum Gasteiger partial charge on any atom is 0.311 e. The van der Waals surface area contributed by atoms with E-state index in [9.17, 15) is 4.79 Å². The standard InChI is InChI=1S/C18H22N4O2S/c1-3-22-8-7-14-9-13(5-6-16(14)22)11-19-21-18-20-15(12-25-18)10-17(23)24-4-2/h5-6,9,11-12H,3-4,7-8,10H2,1-2H3,(H,20,21). The number of esters is 1. The lowest BCUT2D eigenvalue weighted by atomic mass is 10.1. The molecule has 0 bridgehead atoms. The number of hydrazone groups is 1. The van der Waals surface area contributed by atoms with Crippen LogP contribution in [0.15, 0.2) is 28.7 Å². The Morgan fingerprint density at radius 1 is 1.48 bits per heavy atom. The summed E-state index contributed by atoms with van der Waals surface area (Å²) in [7, 11) is 0. The quantitative estimate of drug-likeness (QED) is 0.468. The lowest BCUT2D eigenvalue weighted by Gasteiger charge is -2.16. The van der Waals surface area contributed by atoms with Crippen molar-refractivity contribution in [3.05, 3.63) is 40.4 Å². The van der Waals surface area contributed by atoms with Crippen molar-refractivity contribution >= 4 is 34.3 Å². The minimum Gasteiger partial charge on any atom is -0.466 e. The molecule has 0 unspecified atom stereocenters. The number of fused-ring (bicyclic) bond motifs is 1. The van der Waals surface area contributed by atoms with Crippen LogP contribution in [-0.2, 0) is 22.4 Å². The van der Waals surface area contributed by atoms with Gasteiger partial charge in [-0.25, -0.2) is 4.98 Å². The van der Waals surface area contributed by atoms with Crippen molar-refractivity contribution in [1.29, 1.82) is 0 Å². The van der Waals surface area contributed by atoms with Gasteiger partial charge in [-0.2, -0.15) is 5.10 Å². The topological polar surface area (TPSA) is 66.8 Å². The van der Waals surface area contributed by atoms with E-state index in [1.54, 1.807) is 13.1 Å². The van der Waals surface area contributed by atoms with E-state index in [2.05, 4.69) is 45.5 Å². The number of likely N-dealkylation sites (N-methyl/N-ethyl adjacent to an activating group) is 1. The van der Waals surface area contributed by atoms with Crippen LogP contribution < -0.4 is 10.3 Å². The fraction of sp³-hybridized carbons (Fsp3) is 0.389. The van der Waals surface area contributed by atoms with Crippen molar-refractivity contribution in [2.24, 2.45) is 5.10 Å². The maximum atomic E-state index is 11.4. The zero-order valence-corrected chi connectivity index (χ0v) is 15.3. The second kappa shape index (κ2) is 8.11. The van der Waals surface area contributed by atoms with Gasteiger partial charge >= 0.3 is 5.97 Å². The normalized spacial score (nSPS) is 13.3. The van der Waals surface area contributed by atoms with E-state index in [0.717, 1.165) is 25.1 Å². The average molecular weight is 358 g/mol. The monoisotopic (exact) mass is 358 g/mol. The van der Waals surface area contributed by atoms with Crippen molar-refractivity contribution in [2.75, 3.05) is 30.0 Å². The van der Waals surface area contributed by atoms with Crippen LogP contribution in [-0.4, -0.2) is 36.9 Å². The summed E-state index contributed by atoms with van der Waals surface area (Å²) < 4.78 is 4.92. The molecule has 0 atom stereocenters. The fourth-order valence-corrected chi connectivity index (χ4v) is 3.52. The summed E-state index contributed by atoms with van der Waals surface area (Å²) in [6.07, 6.45) is 3.07. The van der Waals surface area contributed by atoms with Gasteiger partial charge in [0.25, 0.3) is 0 Å². The molecule has 0 saturated carbocycles. The number of aromatic nitrogens is 1. The Morgan fingerprint density at radius 3 is 3.16 bits per heavy atom. The Labute approximate surface area is 151 Å². The number of hydrogen-bond donors (Lipinski definition) is 1. The van der Waals surface area contributed by atoms with Crippen molar-refractivity contribution in [2.45, 2.75) is 26.7 Å². The van der Waals surface area contributed by atoms with Gasteiger partial charge in [-0.3, -0.25) is 10.2 Å². The lowest BCUT2D eigenvalue weighted by Crippen LogP contribution is -2.18. The smallest absolute Gasteiger partial charge is 0.311 e. The first-order valence-corrected chi connectivity index (χ1v) is 9.34. The molecule has 25 heavy (non-hydrogen) atoms. The van der Waals surface area contributed by atoms with Gasteiger partial charge < -0.3 is 9.64 Å². The molecule has 0 spiro atoms. The van der Waals surface area contributed by atoms with Crippen LogP contribution in [0, 0.1) is 0 Å². The molecular formula is C18H22N4O2S. The molecule has 132 valence electrons. The number of nitrogens with zero attached hydrogens (tertiary/aromatic N) is 3. The van der Waals surface area contributed by atoms with Crippen LogP contribution in [0.25, 0.3) is 0 Å². The summed E-state index contributed by atoms with van der Waals surface area (Å²) in [5, 5.41) is 6.75. The molecular weight excluding hydrogens is 336 g/mol. The first kappa shape index (κ1) is 17.4. The summed E-state index contributed by atoms with van der Waals surface area (Å²) in [5.41, 5.74) is 7.38. The summed E-state index contributed by atoms with van der Waals surface area (Å²) >= 11 is 1.42. The van der Waals surface area contributed by atoms with Crippen LogP contribution in [0.1, 0.15) is 30.7 Å². The Hall–Kier alpha value is -2.41. The highest BCUT2D eigenvalue weighted by atomic mass is 32.1. The molecule has 7 heteroatoms. The highest BCUT2D eigenvalue weighted by Gasteiger charge is 2.17. The van der Waals surface area contributed by atoms with Gasteiger partial charge in [-0.1, -0.05) is 6.07 Å². The van der Waals surface area contributed by atoms with Crippen LogP contribution in [0.4, 0.5) is 10.8 Å². The third-order valence-corrected chi connectivity index (χ3v) is 4.83. The van der Waals surface area contributed by atoms with Gasteiger partial charge in [0.05, 0.1) is 24.9 Å². The first-order valence-electron chi connectivity index (χ1n) is 8.46. The molecule has 0 radical (unpaired) electrons. The highest BCUT2D eigenvalue weighted by molar-refractivity contribution is 7.13. The molecule has 2 heterocycles. The predicted molar refractivity (Wildman–Crippen MR) is 102 cm³/mol. The van der Waals surface area contributed by atoms with Gasteiger partial charge in [-0.05, 0) is 43.5 Å². The number of benzene rings is 1. The number of carbonyl (C=O) groups excluding carboxylic acids is 1. The Bertz CT molecular complexity index is 772. The molecule has 6 nitrogen and oxygen atoms in total. The fourth-order valence-electron chi connectivity index (χ4n) is 2.86. The molecule has 1 N–H and O–H groups in total. The van der Waals surface area contributed by atoms with Gasteiger partial charge in [-0.15, -0.1) is 11.3 Å². The summed E-state index contributed by atoms with van der Waals surface area (Å²) in [4.78, 5) is 18.2. The molecule has 0 saturated heterocycles. The second-order valence-corrected chi connectivity index (χ2v) is 6.57. The van der Waals surface area contributed by atoms with E-state index in [1.165, 1.54) is 22.6 Å². The van der Waals surface area contributed by atoms with Crippen molar-refractivity contribution in [3.8, 4) is 0 Å². The number of ether oxygens (including phenoxy) is 1. The van der Waals surface area contributed by atoms with E-state index in [0.29, 0.717) is 17.4 Å². The van der Waals surface area contributed by atoms with Crippen molar-refractivity contribution in [1.82, 2.24) is 4.98 Å². The van der Waals surface area contributed by atoms with Crippen LogP contribution in [0.3, 0.4) is 0 Å². The van der Waals surface area contributed by atoms with E-state index < -0.39 is 0 Å². The SMILES string of the molecule is CCOC(=O)Cc1csc(NN=Cc2ccc3c(c2)CCN3CC)n1. The van der Waals surface area contributed by atoms with E-state index in [1.807, 2.05) is 5.38 Å². The molecule has 2 aromatic rings. The van der Waals surface area contributed by atoms with Crippen LogP contribution in [0.5, 0.6) is 0 Å². The minimum atomic E-state index is -0.262. The van der Waals surface area contributed by atoms with Gasteiger partial charge in [0.2, 0.25) is 5.13 Å². The Balaban J connectivity index is 1.57. The summed E-state index contributed by atoms with van der Waals surface area (Å²) in [6, 6.07) is 6.42. The number of rotatable bonds is 7. The van der Waals surface area contributed by atoms with Crippen molar-refractivity contribution in [3.63, 3.8) is 0 Å². The summed E-state index contributed by atoms with van der Waals surface area (Å²) in [6.45, 7) is 6.49. The molecule has 3 rings (SSSR count). The number of carbonyl (C=O) groups is 1. The maximum absolute atomic E-state index is 11.4. The molecule has 0 aliphatic carbocycles. The second-order valence-electron chi connectivity index (χ2n) is 5.71. The average Bonchev–Trinajstić information content (AvgIpc) is 3.21. The van der Waals surface area contributed by atoms with Gasteiger partial charge in [0, 0.05) is 24.2 Å². The molecule has 1 aliphatic rings. The van der Waals surface area contributed by atoms with E-state index >= 15 is 0 Å². The Kier molecular flexibility index (Phi) is 5.65. The number of anilines is 2. The van der Waals surface area contributed by atoms with E-state index in [4.69, 9.17) is 4.74 Å². The molecule has 0 amide bonds. The number of nitrogens with one attached hydrogen (secondary N) is 1. The molecule has 1 aromatic carbocycles. The predicted octanol–water partition coefficient (Wildman–Crippen LogP) is 3.08. The van der Waals surface area contributed by atoms with Crippen LogP contribution >= 0.6 is 11.3 Å². The molecule has 0 fully saturated rings. The minimum absolute atomic E-state index is 0.189. The van der Waals surface area contributed by atoms with Crippen molar-refractivity contribution < 1.29 is 9.53 Å². The largest absolute Gasteiger partial charge is 0.466 e. The zero-order valence-electron chi connectivity index (χ0n) is 14.5. The van der Waals surface area contributed by atoms with Gasteiger partial charge in [0.15, 0.2) is 0 Å². The highest BCUT2D eigenvalue weighted by Crippen LogP contribution is 2.28. The van der Waals surface area contributed by atoms with Crippen LogP contribution in [0.2, 0.25) is 0 Å². The lowest BCUT2D eigenvalue weighted by molar-refractivity contribution is -0.142. The van der Waals surface area contributed by atoms with Gasteiger partial charge in [0.1, 0.15) is 0 Å². The first-order chi connectivity index (χ1) is 12.2. The number of hydrogen-bond acceptors (Lipinski definition) is 7. The molecule has 1 aromatic heterocycles. The third kappa shape index (κ3) is 4.36. The third-order valence-electron chi connectivity index (χ3n) is 4.03. The molecule has 1 aliphatic heterocycles. The van der Waals surface area contributed by atoms with E-state index in [-0.39, 0.29) is 12.4 Å².